The Morgan fingerprint density at radius 2 is 2.06 bits per heavy atom. The number of nitrogens with two attached hydrogens (primary N) is 1. The fraction of sp³-hybridized carbons (Fsp3) is 0.769. The average molecular weight is 351 g/mol. The number of nitrogens with zero attached hydrogens (tertiary/aromatic N) is 2. The van der Waals surface area contributed by atoms with Crippen LogP contribution in [0.3, 0.4) is 0 Å². The van der Waals surface area contributed by atoms with Gasteiger partial charge < -0.3 is 10.6 Å². The van der Waals surface area contributed by atoms with E-state index in [1.54, 1.807) is 5.57 Å². The molecule has 0 amide bonds. The summed E-state index contributed by atoms with van der Waals surface area (Å²) in [5.74, 6) is 0.615. The molecule has 1 rings (SSSR count). The number of halogens is 1. The Bertz CT molecular complexity index is 293. The van der Waals surface area contributed by atoms with E-state index < -0.39 is 0 Å². The summed E-state index contributed by atoms with van der Waals surface area (Å²) in [4.78, 5) is 6.30. The van der Waals surface area contributed by atoms with E-state index >= 15 is 0 Å². The first kappa shape index (κ1) is 16.7. The molecule has 0 saturated carbocycles. The lowest BCUT2D eigenvalue weighted by molar-refractivity contribution is 0.424. The topological polar surface area (TPSA) is 41.6 Å². The molecule has 0 heterocycles. The van der Waals surface area contributed by atoms with Crippen molar-refractivity contribution in [1.29, 1.82) is 0 Å². The highest BCUT2D eigenvalue weighted by molar-refractivity contribution is 14.0. The Morgan fingerprint density at radius 1 is 1.41 bits per heavy atom. The van der Waals surface area contributed by atoms with Gasteiger partial charge in [-0.25, -0.2) is 0 Å². The van der Waals surface area contributed by atoms with Crippen LogP contribution in [-0.4, -0.2) is 31.5 Å². The molecule has 0 aromatic heterocycles. The largest absolute Gasteiger partial charge is 0.370 e. The molecule has 4 heteroatoms. The maximum atomic E-state index is 5.81. The third kappa shape index (κ3) is 5.27. The zero-order valence-corrected chi connectivity index (χ0v) is 13.8. The fourth-order valence-electron chi connectivity index (χ4n) is 1.97. The van der Waals surface area contributed by atoms with E-state index in [1.807, 2.05) is 19.0 Å². The van der Waals surface area contributed by atoms with Gasteiger partial charge in [0.1, 0.15) is 0 Å². The molecule has 100 valence electrons. The highest BCUT2D eigenvalue weighted by Crippen LogP contribution is 2.33. The third-order valence-corrected chi connectivity index (χ3v) is 3.25. The Hall–Kier alpha value is -0.260. The summed E-state index contributed by atoms with van der Waals surface area (Å²) >= 11 is 0. The van der Waals surface area contributed by atoms with E-state index in [0.717, 1.165) is 6.54 Å². The van der Waals surface area contributed by atoms with Gasteiger partial charge in [0, 0.05) is 19.5 Å². The SMILES string of the molecule is CN(C)C(N)=NCC(C)(C)C1=CCCCC1.I. The highest BCUT2D eigenvalue weighted by Gasteiger charge is 2.23. The Balaban J connectivity index is 0.00000256. The van der Waals surface area contributed by atoms with Crippen molar-refractivity contribution in [3.63, 3.8) is 0 Å². The summed E-state index contributed by atoms with van der Waals surface area (Å²) in [5, 5.41) is 0. The van der Waals surface area contributed by atoms with Crippen molar-refractivity contribution >= 4 is 29.9 Å². The van der Waals surface area contributed by atoms with Crippen molar-refractivity contribution in [3.8, 4) is 0 Å². The number of guanidine groups is 1. The first-order chi connectivity index (χ1) is 7.43. The van der Waals surface area contributed by atoms with Crippen LogP contribution in [0.15, 0.2) is 16.6 Å². The third-order valence-electron chi connectivity index (χ3n) is 3.25. The van der Waals surface area contributed by atoms with Crippen molar-refractivity contribution < 1.29 is 0 Å². The van der Waals surface area contributed by atoms with Gasteiger partial charge in [-0.15, -0.1) is 24.0 Å². The van der Waals surface area contributed by atoms with Crippen LogP contribution in [0.5, 0.6) is 0 Å². The summed E-state index contributed by atoms with van der Waals surface area (Å²) in [5.41, 5.74) is 7.51. The summed E-state index contributed by atoms with van der Waals surface area (Å²) in [6.07, 6.45) is 7.51. The molecule has 1 aliphatic carbocycles. The van der Waals surface area contributed by atoms with Gasteiger partial charge in [0.05, 0.1) is 6.54 Å². The van der Waals surface area contributed by atoms with Gasteiger partial charge >= 0.3 is 0 Å². The van der Waals surface area contributed by atoms with Crippen LogP contribution in [0.2, 0.25) is 0 Å². The van der Waals surface area contributed by atoms with Crippen LogP contribution in [0.4, 0.5) is 0 Å². The average Bonchev–Trinajstić information content (AvgIpc) is 2.27. The minimum Gasteiger partial charge on any atom is -0.370 e. The molecule has 3 nitrogen and oxygen atoms in total. The second-order valence-corrected chi connectivity index (χ2v) is 5.43. The Labute approximate surface area is 123 Å². The molecule has 0 spiro atoms. The Kier molecular flexibility index (Phi) is 7.13. The van der Waals surface area contributed by atoms with Crippen molar-refractivity contribution in [3.05, 3.63) is 11.6 Å². The van der Waals surface area contributed by atoms with Gasteiger partial charge in [-0.1, -0.05) is 25.5 Å². The van der Waals surface area contributed by atoms with Crippen LogP contribution in [0, 0.1) is 5.41 Å². The molecule has 1 aliphatic rings. The summed E-state index contributed by atoms with van der Waals surface area (Å²) in [6, 6.07) is 0. The van der Waals surface area contributed by atoms with Crippen LogP contribution in [0.1, 0.15) is 39.5 Å². The molecule has 0 radical (unpaired) electrons. The van der Waals surface area contributed by atoms with Crippen molar-refractivity contribution in [2.75, 3.05) is 20.6 Å². The molecule has 0 fully saturated rings. The van der Waals surface area contributed by atoms with Crippen molar-refractivity contribution in [1.82, 2.24) is 4.90 Å². The predicted molar refractivity (Wildman–Crippen MR) is 85.9 cm³/mol. The van der Waals surface area contributed by atoms with E-state index in [-0.39, 0.29) is 29.4 Å². The fourth-order valence-corrected chi connectivity index (χ4v) is 1.97. The Morgan fingerprint density at radius 3 is 2.53 bits per heavy atom. The molecule has 0 unspecified atom stereocenters. The quantitative estimate of drug-likeness (QED) is 0.368. The van der Waals surface area contributed by atoms with Crippen LogP contribution in [0.25, 0.3) is 0 Å². The van der Waals surface area contributed by atoms with Gasteiger partial charge in [0.15, 0.2) is 5.96 Å². The minimum absolute atomic E-state index is 0. The maximum Gasteiger partial charge on any atom is 0.190 e. The van der Waals surface area contributed by atoms with Gasteiger partial charge in [-0.2, -0.15) is 0 Å². The van der Waals surface area contributed by atoms with Gasteiger partial charge in [-0.3, -0.25) is 4.99 Å². The number of hydrogen-bond donors (Lipinski definition) is 1. The van der Waals surface area contributed by atoms with Crippen molar-refractivity contribution in [2.24, 2.45) is 16.1 Å². The molecule has 0 aromatic rings. The maximum absolute atomic E-state index is 5.81. The molecule has 2 N–H and O–H groups in total. The monoisotopic (exact) mass is 351 g/mol. The zero-order chi connectivity index (χ0) is 12.2. The molecule has 0 aromatic carbocycles. The molecule has 0 saturated heterocycles. The number of allylic oxidation sites excluding steroid dienone is 1. The molecule has 0 atom stereocenters. The van der Waals surface area contributed by atoms with E-state index in [4.69, 9.17) is 5.73 Å². The second kappa shape index (κ2) is 7.24. The van der Waals surface area contributed by atoms with Crippen LogP contribution >= 0.6 is 24.0 Å². The smallest absolute Gasteiger partial charge is 0.190 e. The first-order valence-electron chi connectivity index (χ1n) is 6.10. The van der Waals surface area contributed by atoms with Crippen LogP contribution in [-0.2, 0) is 0 Å². The lowest BCUT2D eigenvalue weighted by Gasteiger charge is -2.29. The molecule has 17 heavy (non-hydrogen) atoms. The molecular formula is C13H26IN3. The van der Waals surface area contributed by atoms with Crippen LogP contribution < -0.4 is 5.73 Å². The van der Waals surface area contributed by atoms with E-state index in [2.05, 4.69) is 24.9 Å². The molecular weight excluding hydrogens is 325 g/mol. The standard InChI is InChI=1S/C13H25N3.HI/c1-13(2,10-15-12(14)16(3)4)11-8-6-5-7-9-11;/h8H,5-7,9-10H2,1-4H3,(H2,14,15);1H. The number of rotatable bonds is 3. The second-order valence-electron chi connectivity index (χ2n) is 5.43. The minimum atomic E-state index is 0. The molecule has 0 aliphatic heterocycles. The van der Waals surface area contributed by atoms with Crippen molar-refractivity contribution in [2.45, 2.75) is 39.5 Å². The summed E-state index contributed by atoms with van der Waals surface area (Å²) in [6.45, 7) is 5.30. The molecule has 0 bridgehead atoms. The normalized spacial score (nSPS) is 17.2. The zero-order valence-electron chi connectivity index (χ0n) is 11.5. The summed E-state index contributed by atoms with van der Waals surface area (Å²) < 4.78 is 0. The first-order valence-corrected chi connectivity index (χ1v) is 6.10. The number of hydrogen-bond acceptors (Lipinski definition) is 1. The number of aliphatic imine (C=N–C) groups is 1. The van der Waals surface area contributed by atoms with Gasteiger partial charge in [0.25, 0.3) is 0 Å². The van der Waals surface area contributed by atoms with E-state index in [1.165, 1.54) is 25.7 Å². The van der Waals surface area contributed by atoms with Gasteiger partial charge in [0.2, 0.25) is 0 Å². The van der Waals surface area contributed by atoms with E-state index in [0.29, 0.717) is 5.96 Å². The van der Waals surface area contributed by atoms with E-state index in [9.17, 15) is 0 Å². The predicted octanol–water partition coefficient (Wildman–Crippen LogP) is 3.01. The lowest BCUT2D eigenvalue weighted by Crippen LogP contribution is -2.32. The lowest BCUT2D eigenvalue weighted by atomic mass is 9.78. The summed E-state index contributed by atoms with van der Waals surface area (Å²) in [7, 11) is 3.84. The van der Waals surface area contributed by atoms with Gasteiger partial charge in [-0.05, 0) is 25.7 Å². The highest BCUT2D eigenvalue weighted by atomic mass is 127.